The zero-order valence-electron chi connectivity index (χ0n) is 22.2. The standard InChI is InChI=1S/C34H35N3O/c1-23(2)34(38)36-30-10-5-9-27(20-30)25-15-17-37(18-16-25)22-29-21-35-33-31(11-6-12-32(29)33)28-14-13-24-7-3-4-8-26(24)19-28/h3-14,19-21,23,25,35H,15-18,22H2,1-2H3,(H,36,38). The van der Waals surface area contributed by atoms with Gasteiger partial charge in [0.1, 0.15) is 0 Å². The number of hydrogen-bond acceptors (Lipinski definition) is 2. The first-order valence-corrected chi connectivity index (χ1v) is 13.8. The number of H-pyrrole nitrogens is 1. The van der Waals surface area contributed by atoms with Gasteiger partial charge in [0, 0.05) is 35.3 Å². The summed E-state index contributed by atoms with van der Waals surface area (Å²) < 4.78 is 0. The van der Waals surface area contributed by atoms with Crippen molar-refractivity contribution in [3.63, 3.8) is 0 Å². The van der Waals surface area contributed by atoms with E-state index in [1.165, 1.54) is 43.9 Å². The van der Waals surface area contributed by atoms with Crippen LogP contribution in [0.3, 0.4) is 0 Å². The molecule has 2 heterocycles. The summed E-state index contributed by atoms with van der Waals surface area (Å²) in [5.74, 6) is 0.583. The van der Waals surface area contributed by atoms with E-state index in [0.717, 1.165) is 38.2 Å². The molecule has 0 radical (unpaired) electrons. The van der Waals surface area contributed by atoms with E-state index >= 15 is 0 Å². The van der Waals surface area contributed by atoms with E-state index < -0.39 is 0 Å². The molecule has 1 aliphatic rings. The van der Waals surface area contributed by atoms with Gasteiger partial charge in [-0.3, -0.25) is 9.69 Å². The van der Waals surface area contributed by atoms with Crippen LogP contribution in [0.4, 0.5) is 5.69 Å². The van der Waals surface area contributed by atoms with Crippen LogP contribution >= 0.6 is 0 Å². The minimum Gasteiger partial charge on any atom is -0.360 e. The van der Waals surface area contributed by atoms with Crippen LogP contribution in [-0.2, 0) is 11.3 Å². The first-order chi connectivity index (χ1) is 18.5. The number of carbonyl (C=O) groups is 1. The Labute approximate surface area is 224 Å². The largest absolute Gasteiger partial charge is 0.360 e. The number of hydrogen-bond donors (Lipinski definition) is 2. The van der Waals surface area contributed by atoms with Crippen molar-refractivity contribution in [2.45, 2.75) is 39.2 Å². The molecule has 4 aromatic carbocycles. The monoisotopic (exact) mass is 501 g/mol. The molecular weight excluding hydrogens is 466 g/mol. The number of carbonyl (C=O) groups excluding carboxylic acids is 1. The summed E-state index contributed by atoms with van der Waals surface area (Å²) in [6.45, 7) is 6.95. The van der Waals surface area contributed by atoms with Crippen LogP contribution in [0.2, 0.25) is 0 Å². The third-order valence-corrected chi connectivity index (χ3v) is 7.99. The van der Waals surface area contributed by atoms with Gasteiger partial charge in [0.05, 0.1) is 5.52 Å². The van der Waals surface area contributed by atoms with Crippen molar-refractivity contribution < 1.29 is 4.79 Å². The van der Waals surface area contributed by atoms with Gasteiger partial charge in [-0.1, -0.05) is 80.6 Å². The summed E-state index contributed by atoms with van der Waals surface area (Å²) >= 11 is 0. The lowest BCUT2D eigenvalue weighted by Gasteiger charge is -2.32. The Morgan fingerprint density at radius 2 is 1.71 bits per heavy atom. The molecule has 6 rings (SSSR count). The highest BCUT2D eigenvalue weighted by Gasteiger charge is 2.22. The second-order valence-electron chi connectivity index (χ2n) is 10.9. The smallest absolute Gasteiger partial charge is 0.226 e. The van der Waals surface area contributed by atoms with Gasteiger partial charge >= 0.3 is 0 Å². The Kier molecular flexibility index (Phi) is 6.73. The van der Waals surface area contributed by atoms with E-state index in [4.69, 9.17) is 0 Å². The van der Waals surface area contributed by atoms with Crippen molar-refractivity contribution in [2.75, 3.05) is 18.4 Å². The number of nitrogens with one attached hydrogen (secondary N) is 2. The number of aromatic amines is 1. The molecule has 2 N–H and O–H groups in total. The number of likely N-dealkylation sites (tertiary alicyclic amines) is 1. The molecule has 38 heavy (non-hydrogen) atoms. The minimum absolute atomic E-state index is 0.0185. The van der Waals surface area contributed by atoms with Crippen molar-refractivity contribution in [3.8, 4) is 11.1 Å². The van der Waals surface area contributed by atoms with Gasteiger partial charge in [0.15, 0.2) is 0 Å². The maximum atomic E-state index is 12.1. The summed E-state index contributed by atoms with van der Waals surface area (Å²) in [7, 11) is 0. The third kappa shape index (κ3) is 4.97. The first-order valence-electron chi connectivity index (χ1n) is 13.8. The highest BCUT2D eigenvalue weighted by atomic mass is 16.1. The number of nitrogens with zero attached hydrogens (tertiary/aromatic N) is 1. The van der Waals surface area contributed by atoms with Gasteiger partial charge in [-0.15, -0.1) is 0 Å². The molecular formula is C34H35N3O. The number of amides is 1. The number of piperidine rings is 1. The number of benzene rings is 4. The Morgan fingerprint density at radius 1 is 0.921 bits per heavy atom. The van der Waals surface area contributed by atoms with Crippen molar-refractivity contribution in [2.24, 2.45) is 5.92 Å². The molecule has 192 valence electrons. The second kappa shape index (κ2) is 10.5. The molecule has 0 saturated carbocycles. The van der Waals surface area contributed by atoms with Gasteiger partial charge in [0.25, 0.3) is 0 Å². The molecule has 0 aliphatic carbocycles. The van der Waals surface area contributed by atoms with Gasteiger partial charge < -0.3 is 10.3 Å². The predicted octanol–water partition coefficient (Wildman–Crippen LogP) is 7.96. The average Bonchev–Trinajstić information content (AvgIpc) is 3.36. The number of para-hydroxylation sites is 1. The molecule has 1 aliphatic heterocycles. The van der Waals surface area contributed by atoms with Crippen LogP contribution in [0.1, 0.15) is 43.7 Å². The summed E-state index contributed by atoms with van der Waals surface area (Å²) in [5.41, 5.74) is 7.31. The summed E-state index contributed by atoms with van der Waals surface area (Å²) in [4.78, 5) is 18.3. The molecule has 4 nitrogen and oxygen atoms in total. The quantitative estimate of drug-likeness (QED) is 0.248. The second-order valence-corrected chi connectivity index (χ2v) is 10.9. The molecule has 1 saturated heterocycles. The molecule has 0 unspecified atom stereocenters. The number of aromatic nitrogens is 1. The van der Waals surface area contributed by atoms with Crippen molar-refractivity contribution in [1.82, 2.24) is 9.88 Å². The Hall–Kier alpha value is -3.89. The van der Waals surface area contributed by atoms with Gasteiger partial charge in [-0.05, 0) is 77.5 Å². The van der Waals surface area contributed by atoms with E-state index in [1.807, 2.05) is 19.9 Å². The number of fused-ring (bicyclic) bond motifs is 2. The lowest BCUT2D eigenvalue weighted by molar-refractivity contribution is -0.118. The average molecular weight is 502 g/mol. The molecule has 5 aromatic rings. The van der Waals surface area contributed by atoms with Crippen molar-refractivity contribution in [3.05, 3.63) is 102 Å². The highest BCUT2D eigenvalue weighted by Crippen LogP contribution is 2.34. The SMILES string of the molecule is CC(C)C(=O)Nc1cccc(C2CCN(Cc3c[nH]c4c(-c5ccc6ccccc6c5)cccc34)CC2)c1. The van der Waals surface area contributed by atoms with E-state index in [-0.39, 0.29) is 11.8 Å². The van der Waals surface area contributed by atoms with Gasteiger partial charge in [-0.2, -0.15) is 0 Å². The Bertz CT molecular complexity index is 1590. The lowest BCUT2D eigenvalue weighted by Crippen LogP contribution is -2.32. The van der Waals surface area contributed by atoms with Crippen LogP contribution in [-0.4, -0.2) is 28.9 Å². The van der Waals surface area contributed by atoms with E-state index in [9.17, 15) is 4.79 Å². The normalized spacial score (nSPS) is 14.9. The highest BCUT2D eigenvalue weighted by molar-refractivity contribution is 5.98. The topological polar surface area (TPSA) is 48.1 Å². The minimum atomic E-state index is -0.0185. The van der Waals surface area contributed by atoms with Crippen LogP contribution in [0.25, 0.3) is 32.8 Å². The van der Waals surface area contributed by atoms with E-state index in [2.05, 4.69) is 100 Å². The van der Waals surface area contributed by atoms with Crippen LogP contribution < -0.4 is 5.32 Å². The maximum absolute atomic E-state index is 12.1. The van der Waals surface area contributed by atoms with E-state index in [0.29, 0.717) is 5.92 Å². The Morgan fingerprint density at radius 3 is 2.53 bits per heavy atom. The Balaban J connectivity index is 1.15. The molecule has 1 aromatic heterocycles. The van der Waals surface area contributed by atoms with Crippen molar-refractivity contribution >= 4 is 33.3 Å². The molecule has 0 atom stereocenters. The first kappa shape index (κ1) is 24.4. The van der Waals surface area contributed by atoms with Crippen LogP contribution in [0.5, 0.6) is 0 Å². The van der Waals surface area contributed by atoms with Crippen molar-refractivity contribution in [1.29, 1.82) is 0 Å². The number of anilines is 1. The van der Waals surface area contributed by atoms with Crippen LogP contribution in [0.15, 0.2) is 91.1 Å². The molecule has 1 amide bonds. The zero-order valence-corrected chi connectivity index (χ0v) is 22.2. The van der Waals surface area contributed by atoms with Gasteiger partial charge in [0.2, 0.25) is 5.91 Å². The lowest BCUT2D eigenvalue weighted by atomic mass is 9.89. The third-order valence-electron chi connectivity index (χ3n) is 7.99. The molecule has 1 fully saturated rings. The molecule has 4 heteroatoms. The summed E-state index contributed by atoms with van der Waals surface area (Å²) in [6.07, 6.45) is 4.46. The predicted molar refractivity (Wildman–Crippen MR) is 158 cm³/mol. The molecule has 0 bridgehead atoms. The van der Waals surface area contributed by atoms with Crippen LogP contribution in [0, 0.1) is 5.92 Å². The summed E-state index contributed by atoms with van der Waals surface area (Å²) in [5, 5.41) is 6.90. The van der Waals surface area contributed by atoms with E-state index in [1.54, 1.807) is 0 Å². The summed E-state index contributed by atoms with van der Waals surface area (Å²) in [6, 6.07) is 30.3. The number of rotatable bonds is 6. The fraction of sp³-hybridized carbons (Fsp3) is 0.265. The fourth-order valence-corrected chi connectivity index (χ4v) is 5.76. The molecule has 0 spiro atoms. The maximum Gasteiger partial charge on any atom is 0.226 e. The zero-order chi connectivity index (χ0) is 26.1. The van der Waals surface area contributed by atoms with Gasteiger partial charge in [-0.25, -0.2) is 0 Å². The fourth-order valence-electron chi connectivity index (χ4n) is 5.76.